The largest absolute Gasteiger partial charge is 0.359 e. The fourth-order valence-corrected chi connectivity index (χ4v) is 2.89. The van der Waals surface area contributed by atoms with Crippen LogP contribution in [0.5, 0.6) is 0 Å². The first-order valence-corrected chi connectivity index (χ1v) is 6.12. The normalized spacial score (nSPS) is 11.2. The number of nitrogens with one attached hydrogen (secondary N) is 2. The van der Waals surface area contributed by atoms with Gasteiger partial charge in [0.05, 0.1) is 11.1 Å². The lowest BCUT2D eigenvalue weighted by molar-refractivity contribution is 1.16. The molecule has 0 radical (unpaired) electrons. The second kappa shape index (κ2) is 3.56. The highest BCUT2D eigenvalue weighted by molar-refractivity contribution is 7.18. The Balaban J connectivity index is 2.36. The summed E-state index contributed by atoms with van der Waals surface area (Å²) in [6, 6.07) is 3.77. The number of H-pyrrole nitrogens is 2. The summed E-state index contributed by atoms with van der Waals surface area (Å²) in [6.45, 7) is 3.97. The molecule has 3 aromatic rings. The van der Waals surface area contributed by atoms with Crippen molar-refractivity contribution in [3.8, 4) is 11.5 Å². The minimum atomic E-state index is -0.0681. The van der Waals surface area contributed by atoms with Gasteiger partial charge >= 0.3 is 0 Å². The second-order valence-electron chi connectivity index (χ2n) is 3.96. The Labute approximate surface area is 101 Å². The first kappa shape index (κ1) is 10.3. The zero-order valence-electron chi connectivity index (χ0n) is 9.50. The third-order valence-electron chi connectivity index (χ3n) is 2.89. The molecule has 0 saturated carbocycles. The van der Waals surface area contributed by atoms with Gasteiger partial charge in [-0.3, -0.25) is 4.79 Å². The molecule has 0 spiro atoms. The molecule has 0 atom stereocenters. The molecule has 3 rings (SSSR count). The van der Waals surface area contributed by atoms with E-state index in [1.807, 2.05) is 32.2 Å². The molecule has 17 heavy (non-hydrogen) atoms. The van der Waals surface area contributed by atoms with Gasteiger partial charge in [0.2, 0.25) is 0 Å². The molecule has 0 aliphatic heterocycles. The van der Waals surface area contributed by atoms with Crippen molar-refractivity contribution in [2.24, 2.45) is 0 Å². The number of thiophene rings is 1. The molecular formula is C12H11N3OS. The van der Waals surface area contributed by atoms with Gasteiger partial charge in [-0.15, -0.1) is 11.3 Å². The third-order valence-corrected chi connectivity index (χ3v) is 3.99. The van der Waals surface area contributed by atoms with E-state index in [2.05, 4.69) is 15.0 Å². The predicted octanol–water partition coefficient (Wildman–Crippen LogP) is 2.60. The van der Waals surface area contributed by atoms with Crippen LogP contribution in [0.1, 0.15) is 10.4 Å². The van der Waals surface area contributed by atoms with Crippen LogP contribution in [-0.2, 0) is 0 Å². The van der Waals surface area contributed by atoms with E-state index in [1.54, 1.807) is 11.3 Å². The van der Waals surface area contributed by atoms with Crippen LogP contribution in [-0.4, -0.2) is 15.0 Å². The number of aryl methyl sites for hydroxylation is 2. The van der Waals surface area contributed by atoms with Crippen LogP contribution in [0.2, 0.25) is 0 Å². The van der Waals surface area contributed by atoms with E-state index in [-0.39, 0.29) is 5.56 Å². The minimum absolute atomic E-state index is 0.0681. The molecule has 0 amide bonds. The molecule has 0 unspecified atom stereocenters. The van der Waals surface area contributed by atoms with Crippen molar-refractivity contribution in [2.75, 3.05) is 0 Å². The number of aromatic amines is 2. The van der Waals surface area contributed by atoms with Gasteiger partial charge in [0.1, 0.15) is 4.83 Å². The molecule has 2 N–H and O–H groups in total. The lowest BCUT2D eigenvalue weighted by Gasteiger charge is -1.97. The van der Waals surface area contributed by atoms with Gasteiger partial charge in [-0.1, -0.05) is 0 Å². The summed E-state index contributed by atoms with van der Waals surface area (Å²) in [5.41, 5.74) is 1.78. The SMILES string of the molecule is Cc1sc2nc(-c3ccc[nH]3)[nH]c(=O)c2c1C. The summed E-state index contributed by atoms with van der Waals surface area (Å²) in [4.78, 5) is 24.3. The van der Waals surface area contributed by atoms with Crippen molar-refractivity contribution in [2.45, 2.75) is 13.8 Å². The maximum Gasteiger partial charge on any atom is 0.260 e. The van der Waals surface area contributed by atoms with Crippen molar-refractivity contribution < 1.29 is 0 Å². The van der Waals surface area contributed by atoms with E-state index >= 15 is 0 Å². The Morgan fingerprint density at radius 1 is 1.35 bits per heavy atom. The summed E-state index contributed by atoms with van der Waals surface area (Å²) in [7, 11) is 0. The quantitative estimate of drug-likeness (QED) is 0.692. The van der Waals surface area contributed by atoms with Crippen LogP contribution < -0.4 is 5.56 Å². The number of rotatable bonds is 1. The predicted molar refractivity (Wildman–Crippen MR) is 69.5 cm³/mol. The molecule has 3 aromatic heterocycles. The molecule has 0 aromatic carbocycles. The lowest BCUT2D eigenvalue weighted by atomic mass is 10.2. The Morgan fingerprint density at radius 2 is 2.18 bits per heavy atom. The van der Waals surface area contributed by atoms with Gasteiger partial charge in [0, 0.05) is 11.1 Å². The van der Waals surface area contributed by atoms with Crippen LogP contribution in [0.4, 0.5) is 0 Å². The second-order valence-corrected chi connectivity index (χ2v) is 5.16. The van der Waals surface area contributed by atoms with E-state index in [9.17, 15) is 4.79 Å². The van der Waals surface area contributed by atoms with Gasteiger partial charge in [-0.25, -0.2) is 4.98 Å². The average molecular weight is 245 g/mol. The first-order chi connectivity index (χ1) is 8.16. The summed E-state index contributed by atoms with van der Waals surface area (Å²) in [5, 5.41) is 0.711. The standard InChI is InChI=1S/C12H11N3OS/c1-6-7(2)17-12-9(6)11(16)14-10(15-12)8-4-3-5-13-8/h3-5,13H,1-2H3,(H,14,15,16). The summed E-state index contributed by atoms with van der Waals surface area (Å²) >= 11 is 1.56. The number of fused-ring (bicyclic) bond motifs is 1. The molecule has 3 heterocycles. The molecular weight excluding hydrogens is 234 g/mol. The number of hydrogen-bond acceptors (Lipinski definition) is 3. The van der Waals surface area contributed by atoms with Crippen LogP contribution in [0.3, 0.4) is 0 Å². The van der Waals surface area contributed by atoms with Crippen molar-refractivity contribution >= 4 is 21.6 Å². The molecule has 0 aliphatic carbocycles. The molecule has 0 saturated heterocycles. The zero-order chi connectivity index (χ0) is 12.0. The van der Waals surface area contributed by atoms with Crippen LogP contribution >= 0.6 is 11.3 Å². The van der Waals surface area contributed by atoms with Gasteiger partial charge < -0.3 is 9.97 Å². The van der Waals surface area contributed by atoms with E-state index in [1.165, 1.54) is 0 Å². The number of hydrogen-bond donors (Lipinski definition) is 2. The zero-order valence-corrected chi connectivity index (χ0v) is 10.3. The third kappa shape index (κ3) is 1.51. The van der Waals surface area contributed by atoms with E-state index in [0.29, 0.717) is 11.2 Å². The molecule has 4 nitrogen and oxygen atoms in total. The maximum atomic E-state index is 12.0. The molecule has 5 heteroatoms. The van der Waals surface area contributed by atoms with Crippen molar-refractivity contribution in [1.29, 1.82) is 0 Å². The van der Waals surface area contributed by atoms with Gasteiger partial charge in [-0.05, 0) is 31.5 Å². The van der Waals surface area contributed by atoms with Crippen molar-refractivity contribution in [3.63, 3.8) is 0 Å². The highest BCUT2D eigenvalue weighted by Crippen LogP contribution is 2.26. The highest BCUT2D eigenvalue weighted by Gasteiger charge is 2.12. The highest BCUT2D eigenvalue weighted by atomic mass is 32.1. The molecule has 0 fully saturated rings. The molecule has 86 valence electrons. The van der Waals surface area contributed by atoms with Crippen LogP contribution in [0.15, 0.2) is 23.1 Å². The smallest absolute Gasteiger partial charge is 0.260 e. The van der Waals surface area contributed by atoms with Gasteiger partial charge in [-0.2, -0.15) is 0 Å². The minimum Gasteiger partial charge on any atom is -0.359 e. The Bertz CT molecular complexity index is 737. The van der Waals surface area contributed by atoms with E-state index in [4.69, 9.17) is 0 Å². The maximum absolute atomic E-state index is 12.0. The van der Waals surface area contributed by atoms with E-state index in [0.717, 1.165) is 21.0 Å². The Morgan fingerprint density at radius 3 is 2.88 bits per heavy atom. The fraction of sp³-hybridized carbons (Fsp3) is 0.167. The first-order valence-electron chi connectivity index (χ1n) is 5.30. The molecule has 0 bridgehead atoms. The topological polar surface area (TPSA) is 61.5 Å². The monoisotopic (exact) mass is 245 g/mol. The Kier molecular flexibility index (Phi) is 2.16. The van der Waals surface area contributed by atoms with Crippen molar-refractivity contribution in [3.05, 3.63) is 39.1 Å². The van der Waals surface area contributed by atoms with Crippen LogP contribution in [0.25, 0.3) is 21.7 Å². The number of nitrogens with zero attached hydrogens (tertiary/aromatic N) is 1. The number of aromatic nitrogens is 3. The summed E-state index contributed by atoms with van der Waals surface area (Å²) in [6.07, 6.45) is 1.81. The molecule has 0 aliphatic rings. The average Bonchev–Trinajstić information content (AvgIpc) is 2.88. The summed E-state index contributed by atoms with van der Waals surface area (Å²) < 4.78 is 0. The fourth-order valence-electron chi connectivity index (χ4n) is 1.86. The van der Waals surface area contributed by atoms with Gasteiger partial charge in [0.15, 0.2) is 5.82 Å². The Hall–Kier alpha value is -1.88. The summed E-state index contributed by atoms with van der Waals surface area (Å²) in [5.74, 6) is 0.591. The van der Waals surface area contributed by atoms with Gasteiger partial charge in [0.25, 0.3) is 5.56 Å². The lowest BCUT2D eigenvalue weighted by Crippen LogP contribution is -2.09. The van der Waals surface area contributed by atoms with Crippen molar-refractivity contribution in [1.82, 2.24) is 15.0 Å². The van der Waals surface area contributed by atoms with E-state index < -0.39 is 0 Å². The van der Waals surface area contributed by atoms with Crippen LogP contribution in [0, 0.1) is 13.8 Å².